The highest BCUT2D eigenvalue weighted by Crippen LogP contribution is 2.24. The summed E-state index contributed by atoms with van der Waals surface area (Å²) in [6.07, 6.45) is 4.65. The molecule has 0 bridgehead atoms. The maximum Gasteiger partial charge on any atom is 0.262 e. The van der Waals surface area contributed by atoms with Crippen LogP contribution in [-0.4, -0.2) is 35.4 Å². The average molecular weight is 271 g/mol. The molecule has 1 fully saturated rings. The molecule has 0 unspecified atom stereocenters. The molecule has 1 aromatic heterocycles. The summed E-state index contributed by atoms with van der Waals surface area (Å²) in [5.41, 5.74) is 0. The van der Waals surface area contributed by atoms with Gasteiger partial charge in [-0.25, -0.2) is 13.4 Å². The van der Waals surface area contributed by atoms with Crippen LogP contribution in [0.25, 0.3) is 0 Å². The van der Waals surface area contributed by atoms with Crippen molar-refractivity contribution in [2.24, 2.45) is 13.0 Å². The van der Waals surface area contributed by atoms with Gasteiger partial charge in [0.25, 0.3) is 10.0 Å². The molecule has 6 heteroatoms. The maximum atomic E-state index is 12.4. The van der Waals surface area contributed by atoms with Gasteiger partial charge in [-0.15, -0.1) is 0 Å². The van der Waals surface area contributed by atoms with Gasteiger partial charge in [0.1, 0.15) is 5.82 Å². The molecule has 0 spiro atoms. The van der Waals surface area contributed by atoms with E-state index in [0.717, 1.165) is 25.1 Å². The molecular formula is C12H21N3O2S. The summed E-state index contributed by atoms with van der Waals surface area (Å²) in [7, 11) is -1.58. The highest BCUT2D eigenvalue weighted by atomic mass is 32.2. The summed E-state index contributed by atoms with van der Waals surface area (Å²) in [5.74, 6) is 1.39. The Hall–Kier alpha value is -0.880. The molecule has 0 atom stereocenters. The summed E-state index contributed by atoms with van der Waals surface area (Å²) in [5, 5.41) is 0.178. The molecule has 1 aromatic rings. The zero-order valence-electron chi connectivity index (χ0n) is 11.3. The van der Waals surface area contributed by atoms with Crippen molar-refractivity contribution in [3.05, 3.63) is 12.0 Å². The fourth-order valence-electron chi connectivity index (χ4n) is 2.34. The van der Waals surface area contributed by atoms with E-state index in [2.05, 4.69) is 11.9 Å². The van der Waals surface area contributed by atoms with Gasteiger partial charge in [0, 0.05) is 26.3 Å². The second-order valence-corrected chi connectivity index (χ2v) is 6.88. The molecule has 1 aliphatic heterocycles. The van der Waals surface area contributed by atoms with Crippen LogP contribution in [-0.2, 0) is 17.1 Å². The van der Waals surface area contributed by atoms with Crippen LogP contribution in [0.3, 0.4) is 0 Å². The van der Waals surface area contributed by atoms with Crippen molar-refractivity contribution in [3.63, 3.8) is 0 Å². The van der Waals surface area contributed by atoms with Crippen molar-refractivity contribution in [1.29, 1.82) is 0 Å². The number of nitrogens with zero attached hydrogens (tertiary/aromatic N) is 3. The van der Waals surface area contributed by atoms with Crippen LogP contribution in [0, 0.1) is 12.8 Å². The van der Waals surface area contributed by atoms with Gasteiger partial charge >= 0.3 is 0 Å². The molecule has 0 radical (unpaired) electrons. The molecule has 0 amide bonds. The second kappa shape index (κ2) is 5.01. The number of sulfonamides is 1. The summed E-state index contributed by atoms with van der Waals surface area (Å²) in [6, 6.07) is 0. The highest BCUT2D eigenvalue weighted by molar-refractivity contribution is 7.89. The van der Waals surface area contributed by atoms with Crippen molar-refractivity contribution in [3.8, 4) is 0 Å². The predicted octanol–water partition coefficient (Wildman–Crippen LogP) is 1.54. The van der Waals surface area contributed by atoms with Gasteiger partial charge in [-0.3, -0.25) is 0 Å². The van der Waals surface area contributed by atoms with E-state index in [1.54, 1.807) is 15.1 Å². The normalized spacial score (nSPS) is 19.3. The summed E-state index contributed by atoms with van der Waals surface area (Å²) in [6.45, 7) is 5.21. The van der Waals surface area contributed by atoms with Crippen LogP contribution in [0.15, 0.2) is 11.2 Å². The second-order valence-electron chi connectivity index (χ2n) is 4.99. The molecule has 0 aliphatic carbocycles. The monoisotopic (exact) mass is 271 g/mol. The van der Waals surface area contributed by atoms with Crippen LogP contribution < -0.4 is 0 Å². The molecule has 0 saturated carbocycles. The van der Waals surface area contributed by atoms with E-state index in [9.17, 15) is 8.42 Å². The Balaban J connectivity index is 2.17. The first-order valence-electron chi connectivity index (χ1n) is 6.45. The van der Waals surface area contributed by atoms with Crippen molar-refractivity contribution in [1.82, 2.24) is 13.9 Å². The minimum Gasteiger partial charge on any atom is -0.337 e. The SMILES string of the molecule is CCC1CCN(S(=O)(=O)c2cn(C)c(C)n2)CC1. The van der Waals surface area contributed by atoms with E-state index >= 15 is 0 Å². The smallest absolute Gasteiger partial charge is 0.262 e. The fraction of sp³-hybridized carbons (Fsp3) is 0.750. The lowest BCUT2D eigenvalue weighted by molar-refractivity contribution is 0.268. The van der Waals surface area contributed by atoms with E-state index in [1.807, 2.05) is 14.0 Å². The minimum absolute atomic E-state index is 0.178. The Morgan fingerprint density at radius 2 is 2.00 bits per heavy atom. The van der Waals surface area contributed by atoms with Crippen LogP contribution >= 0.6 is 0 Å². The number of imidazole rings is 1. The lowest BCUT2D eigenvalue weighted by atomic mass is 9.96. The Labute approximate surface area is 109 Å². The van der Waals surface area contributed by atoms with Crippen molar-refractivity contribution in [2.45, 2.75) is 38.1 Å². The summed E-state index contributed by atoms with van der Waals surface area (Å²) < 4.78 is 28.1. The van der Waals surface area contributed by atoms with Crippen molar-refractivity contribution >= 4 is 10.0 Å². The fourth-order valence-corrected chi connectivity index (χ4v) is 3.84. The lowest BCUT2D eigenvalue weighted by Gasteiger charge is -2.29. The molecule has 2 rings (SSSR count). The summed E-state index contributed by atoms with van der Waals surface area (Å²) in [4.78, 5) is 4.13. The Morgan fingerprint density at radius 1 is 1.39 bits per heavy atom. The number of aryl methyl sites for hydroxylation is 2. The Bertz CT molecular complexity index is 494. The molecule has 1 saturated heterocycles. The van der Waals surface area contributed by atoms with Gasteiger partial charge in [0.05, 0.1) is 0 Å². The number of rotatable bonds is 3. The molecule has 0 aromatic carbocycles. The zero-order chi connectivity index (χ0) is 13.3. The van der Waals surface area contributed by atoms with Crippen LogP contribution in [0.1, 0.15) is 32.0 Å². The topological polar surface area (TPSA) is 55.2 Å². The van der Waals surface area contributed by atoms with Gasteiger partial charge in [0.15, 0.2) is 5.03 Å². The Kier molecular flexibility index (Phi) is 3.77. The minimum atomic E-state index is -3.39. The standard InChI is InChI=1S/C12H21N3O2S/c1-4-11-5-7-15(8-6-11)18(16,17)12-9-14(3)10(2)13-12/h9,11H,4-8H2,1-3H3. The molecule has 0 N–H and O–H groups in total. The third-order valence-electron chi connectivity index (χ3n) is 3.84. The quantitative estimate of drug-likeness (QED) is 0.838. The molecule has 1 aliphatic rings. The molecular weight excluding hydrogens is 250 g/mol. The van der Waals surface area contributed by atoms with Crippen molar-refractivity contribution in [2.75, 3.05) is 13.1 Å². The Morgan fingerprint density at radius 3 is 2.44 bits per heavy atom. The average Bonchev–Trinajstić information content (AvgIpc) is 2.70. The first-order valence-corrected chi connectivity index (χ1v) is 7.89. The third kappa shape index (κ3) is 2.44. The maximum absolute atomic E-state index is 12.4. The first-order chi connectivity index (χ1) is 8.45. The van der Waals surface area contributed by atoms with Gasteiger partial charge in [0.2, 0.25) is 0 Å². The van der Waals surface area contributed by atoms with E-state index < -0.39 is 10.0 Å². The number of hydrogen-bond donors (Lipinski definition) is 0. The van der Waals surface area contributed by atoms with E-state index in [1.165, 1.54) is 0 Å². The van der Waals surface area contributed by atoms with Crippen LogP contribution in [0.2, 0.25) is 0 Å². The van der Waals surface area contributed by atoms with Gasteiger partial charge in [-0.05, 0) is 25.7 Å². The number of aromatic nitrogens is 2. The third-order valence-corrected chi connectivity index (χ3v) is 5.61. The zero-order valence-corrected chi connectivity index (χ0v) is 12.1. The van der Waals surface area contributed by atoms with Gasteiger partial charge in [-0.1, -0.05) is 13.3 Å². The molecule has 2 heterocycles. The van der Waals surface area contributed by atoms with Crippen LogP contribution in [0.5, 0.6) is 0 Å². The largest absolute Gasteiger partial charge is 0.337 e. The van der Waals surface area contributed by atoms with E-state index in [-0.39, 0.29) is 5.03 Å². The van der Waals surface area contributed by atoms with Crippen molar-refractivity contribution < 1.29 is 8.42 Å². The number of hydrogen-bond acceptors (Lipinski definition) is 3. The first kappa shape index (κ1) is 13.5. The van der Waals surface area contributed by atoms with Gasteiger partial charge in [-0.2, -0.15) is 4.31 Å². The molecule has 102 valence electrons. The van der Waals surface area contributed by atoms with Gasteiger partial charge < -0.3 is 4.57 Å². The highest BCUT2D eigenvalue weighted by Gasteiger charge is 2.30. The molecule has 5 nitrogen and oxygen atoms in total. The molecule has 18 heavy (non-hydrogen) atoms. The summed E-state index contributed by atoms with van der Waals surface area (Å²) >= 11 is 0. The number of piperidine rings is 1. The van der Waals surface area contributed by atoms with E-state index in [4.69, 9.17) is 0 Å². The predicted molar refractivity (Wildman–Crippen MR) is 69.7 cm³/mol. The van der Waals surface area contributed by atoms with E-state index in [0.29, 0.717) is 19.0 Å². The van der Waals surface area contributed by atoms with Crippen LogP contribution in [0.4, 0.5) is 0 Å². The lowest BCUT2D eigenvalue weighted by Crippen LogP contribution is -2.38.